The molecule has 1 heterocycles. The smallest absolute Gasteiger partial charge is 0.283 e. The van der Waals surface area contributed by atoms with Crippen molar-refractivity contribution in [2.75, 3.05) is 5.32 Å². The highest BCUT2D eigenvalue weighted by Gasteiger charge is 2.11. The number of nitro groups is 1. The Morgan fingerprint density at radius 2 is 2.17 bits per heavy atom. The molecule has 1 aromatic heterocycles. The average Bonchev–Trinajstić information content (AvgIpc) is 2.72. The number of hydrogen-bond donors (Lipinski definition) is 1. The van der Waals surface area contributed by atoms with Gasteiger partial charge in [-0.25, -0.2) is 0 Å². The summed E-state index contributed by atoms with van der Waals surface area (Å²) in [5.74, 6) is 0.689. The number of furan rings is 1. The summed E-state index contributed by atoms with van der Waals surface area (Å²) in [6.45, 7) is 0.455. The Bertz CT molecular complexity index is 585. The first kappa shape index (κ1) is 12.9. The van der Waals surface area contributed by atoms with Crippen molar-refractivity contribution < 1.29 is 9.34 Å². The van der Waals surface area contributed by atoms with Crippen LogP contribution in [0.2, 0.25) is 5.22 Å². The molecule has 0 saturated carbocycles. The van der Waals surface area contributed by atoms with Crippen molar-refractivity contribution in [2.24, 2.45) is 0 Å². The molecule has 94 valence electrons. The van der Waals surface area contributed by atoms with Gasteiger partial charge < -0.3 is 9.73 Å². The predicted octanol–water partition coefficient (Wildman–Crippen LogP) is 4.22. The van der Waals surface area contributed by atoms with Gasteiger partial charge >= 0.3 is 0 Å². The van der Waals surface area contributed by atoms with Crippen LogP contribution in [0.25, 0.3) is 0 Å². The highest BCUT2D eigenvalue weighted by atomic mass is 79.9. The minimum atomic E-state index is -0.444. The minimum Gasteiger partial charge on any atom is -0.448 e. The van der Waals surface area contributed by atoms with Crippen LogP contribution in [0.5, 0.6) is 0 Å². The van der Waals surface area contributed by atoms with Crippen LogP contribution in [0.3, 0.4) is 0 Å². The highest BCUT2D eigenvalue weighted by molar-refractivity contribution is 9.10. The van der Waals surface area contributed by atoms with Gasteiger partial charge in [-0.2, -0.15) is 0 Å². The van der Waals surface area contributed by atoms with Gasteiger partial charge in [-0.3, -0.25) is 10.1 Å². The summed E-state index contributed by atoms with van der Waals surface area (Å²) < 4.78 is 5.61. The van der Waals surface area contributed by atoms with E-state index < -0.39 is 4.92 Å². The van der Waals surface area contributed by atoms with E-state index in [0.717, 1.165) is 5.69 Å². The lowest BCUT2D eigenvalue weighted by molar-refractivity contribution is -0.385. The van der Waals surface area contributed by atoms with E-state index in [1.807, 2.05) is 0 Å². The van der Waals surface area contributed by atoms with Crippen molar-refractivity contribution in [3.8, 4) is 0 Å². The third-order valence-electron chi connectivity index (χ3n) is 2.24. The lowest BCUT2D eigenvalue weighted by Gasteiger charge is -2.05. The van der Waals surface area contributed by atoms with Crippen LogP contribution in [0.4, 0.5) is 11.4 Å². The molecule has 0 radical (unpaired) electrons. The Balaban J connectivity index is 2.06. The minimum absolute atomic E-state index is 0.0293. The predicted molar refractivity (Wildman–Crippen MR) is 71.8 cm³/mol. The second kappa shape index (κ2) is 5.41. The average molecular weight is 332 g/mol. The van der Waals surface area contributed by atoms with E-state index in [2.05, 4.69) is 21.2 Å². The van der Waals surface area contributed by atoms with Gasteiger partial charge in [-0.15, -0.1) is 0 Å². The second-order valence-electron chi connectivity index (χ2n) is 3.48. The number of anilines is 1. The lowest BCUT2D eigenvalue weighted by Crippen LogP contribution is -1.98. The maximum atomic E-state index is 10.6. The fourth-order valence-corrected chi connectivity index (χ4v) is 2.09. The van der Waals surface area contributed by atoms with Gasteiger partial charge in [0.15, 0.2) is 5.22 Å². The number of hydrogen-bond acceptors (Lipinski definition) is 4. The molecule has 5 nitrogen and oxygen atoms in total. The third kappa shape index (κ3) is 3.02. The zero-order chi connectivity index (χ0) is 13.1. The zero-order valence-corrected chi connectivity index (χ0v) is 11.4. The Morgan fingerprint density at radius 1 is 1.39 bits per heavy atom. The number of rotatable bonds is 4. The van der Waals surface area contributed by atoms with Crippen molar-refractivity contribution in [3.63, 3.8) is 0 Å². The van der Waals surface area contributed by atoms with Gasteiger partial charge in [0.2, 0.25) is 0 Å². The van der Waals surface area contributed by atoms with Gasteiger partial charge in [0.25, 0.3) is 5.69 Å². The molecule has 1 aromatic carbocycles. The van der Waals surface area contributed by atoms with Crippen LogP contribution < -0.4 is 5.32 Å². The summed E-state index contributed by atoms with van der Waals surface area (Å²) in [6, 6.07) is 8.12. The Morgan fingerprint density at radius 3 is 2.72 bits per heavy atom. The van der Waals surface area contributed by atoms with Crippen molar-refractivity contribution in [1.82, 2.24) is 0 Å². The van der Waals surface area contributed by atoms with E-state index in [0.29, 0.717) is 22.0 Å². The molecular formula is C11H8BrClN2O3. The van der Waals surface area contributed by atoms with E-state index in [1.165, 1.54) is 6.07 Å². The summed E-state index contributed by atoms with van der Waals surface area (Å²) in [5.41, 5.74) is 0.779. The quantitative estimate of drug-likeness (QED) is 0.673. The van der Waals surface area contributed by atoms with E-state index in [-0.39, 0.29) is 5.69 Å². The lowest BCUT2D eigenvalue weighted by atomic mass is 10.3. The zero-order valence-electron chi connectivity index (χ0n) is 9.02. The molecule has 0 atom stereocenters. The van der Waals surface area contributed by atoms with Gasteiger partial charge in [0, 0.05) is 11.8 Å². The Hall–Kier alpha value is -1.53. The summed E-state index contributed by atoms with van der Waals surface area (Å²) >= 11 is 8.80. The summed E-state index contributed by atoms with van der Waals surface area (Å²) in [6.07, 6.45) is 0. The van der Waals surface area contributed by atoms with Crippen LogP contribution in [-0.2, 0) is 6.54 Å². The van der Waals surface area contributed by atoms with E-state index >= 15 is 0 Å². The van der Waals surface area contributed by atoms with Crippen LogP contribution in [0.15, 0.2) is 39.2 Å². The number of halogens is 2. The van der Waals surface area contributed by atoms with Crippen molar-refractivity contribution in [2.45, 2.75) is 6.54 Å². The molecule has 1 N–H and O–H groups in total. The van der Waals surface area contributed by atoms with Gasteiger partial charge in [0.1, 0.15) is 5.76 Å². The normalized spacial score (nSPS) is 10.3. The SMILES string of the molecule is O=[N+]([O-])c1ccc(NCc2ccc(Cl)o2)cc1Br. The fourth-order valence-electron chi connectivity index (χ4n) is 1.40. The van der Waals surface area contributed by atoms with Crippen LogP contribution >= 0.6 is 27.5 Å². The number of nitrogens with zero attached hydrogens (tertiary/aromatic N) is 1. The van der Waals surface area contributed by atoms with E-state index in [1.54, 1.807) is 24.3 Å². The molecule has 0 aliphatic carbocycles. The highest BCUT2D eigenvalue weighted by Crippen LogP contribution is 2.28. The number of nitrogens with one attached hydrogen (secondary N) is 1. The molecule has 0 aliphatic heterocycles. The first-order valence-electron chi connectivity index (χ1n) is 4.98. The molecule has 0 bridgehead atoms. The molecule has 2 aromatic rings. The number of nitro benzene ring substituents is 1. The topological polar surface area (TPSA) is 68.3 Å². The van der Waals surface area contributed by atoms with Crippen molar-refractivity contribution in [3.05, 3.63) is 55.9 Å². The largest absolute Gasteiger partial charge is 0.448 e. The molecule has 18 heavy (non-hydrogen) atoms. The standard InChI is InChI=1S/C11H8BrClN2O3/c12-9-5-7(1-3-10(9)15(16)17)14-6-8-2-4-11(13)18-8/h1-5,14H,6H2. The maximum absolute atomic E-state index is 10.6. The molecule has 0 aliphatic rings. The Kier molecular flexibility index (Phi) is 3.88. The van der Waals surface area contributed by atoms with Crippen molar-refractivity contribution in [1.29, 1.82) is 0 Å². The molecule has 0 spiro atoms. The fraction of sp³-hybridized carbons (Fsp3) is 0.0909. The van der Waals surface area contributed by atoms with Crippen LogP contribution in [0, 0.1) is 10.1 Å². The van der Waals surface area contributed by atoms with Gasteiger partial charge in [-0.1, -0.05) is 0 Å². The first-order valence-corrected chi connectivity index (χ1v) is 6.15. The number of benzene rings is 1. The van der Waals surface area contributed by atoms with E-state index in [4.69, 9.17) is 16.0 Å². The second-order valence-corrected chi connectivity index (χ2v) is 4.71. The monoisotopic (exact) mass is 330 g/mol. The van der Waals surface area contributed by atoms with Crippen LogP contribution in [0.1, 0.15) is 5.76 Å². The third-order valence-corrected chi connectivity index (χ3v) is 3.08. The molecule has 0 amide bonds. The molecule has 0 unspecified atom stereocenters. The molecule has 7 heteroatoms. The van der Waals surface area contributed by atoms with Gasteiger partial charge in [-0.05, 0) is 51.8 Å². The first-order chi connectivity index (χ1) is 8.56. The molecule has 0 fully saturated rings. The maximum Gasteiger partial charge on any atom is 0.283 e. The Labute approximate surface area is 116 Å². The summed E-state index contributed by atoms with van der Waals surface area (Å²) in [5, 5.41) is 14.0. The summed E-state index contributed by atoms with van der Waals surface area (Å²) in [4.78, 5) is 10.2. The molecule has 0 saturated heterocycles. The van der Waals surface area contributed by atoms with Crippen molar-refractivity contribution >= 4 is 38.9 Å². The van der Waals surface area contributed by atoms with E-state index in [9.17, 15) is 10.1 Å². The molecule has 2 rings (SSSR count). The van der Waals surface area contributed by atoms with Gasteiger partial charge in [0.05, 0.1) is 15.9 Å². The summed E-state index contributed by atoms with van der Waals surface area (Å²) in [7, 11) is 0. The molecular weight excluding hydrogens is 323 g/mol. The van der Waals surface area contributed by atoms with Crippen LogP contribution in [-0.4, -0.2) is 4.92 Å².